The molecule has 3 heterocycles. The highest BCUT2D eigenvalue weighted by molar-refractivity contribution is 6.11. The molecule has 4 bridgehead atoms. The molecule has 0 atom stereocenters. The lowest BCUT2D eigenvalue weighted by molar-refractivity contribution is -0.00512. The molecule has 3 nitrogen and oxygen atoms in total. The summed E-state index contributed by atoms with van der Waals surface area (Å²) in [4.78, 5) is 5.06. The van der Waals surface area contributed by atoms with Crippen LogP contribution in [0.15, 0.2) is 97.2 Å². The summed E-state index contributed by atoms with van der Waals surface area (Å²) >= 11 is 0. The van der Waals surface area contributed by atoms with Crippen LogP contribution in [0.3, 0.4) is 0 Å². The second-order valence-electron chi connectivity index (χ2n) is 18.5. The molecular weight excluding hydrogens is 607 g/mol. The van der Waals surface area contributed by atoms with Gasteiger partial charge in [0.15, 0.2) is 0 Å². The molecule has 4 fully saturated rings. The first kappa shape index (κ1) is 30.5. The van der Waals surface area contributed by atoms with Crippen molar-refractivity contribution in [2.24, 2.45) is 17.8 Å². The van der Waals surface area contributed by atoms with Crippen molar-refractivity contribution in [1.82, 2.24) is 14.1 Å². The van der Waals surface area contributed by atoms with Gasteiger partial charge in [-0.25, -0.2) is 4.98 Å². The van der Waals surface area contributed by atoms with E-state index in [-0.39, 0.29) is 10.8 Å². The minimum Gasteiger partial charge on any atom is -0.309 e. The first-order valence-corrected chi connectivity index (χ1v) is 19.0. The van der Waals surface area contributed by atoms with Gasteiger partial charge in [-0.05, 0) is 138 Å². The molecule has 3 heteroatoms. The number of aromatic nitrogens is 3. The maximum absolute atomic E-state index is 5.06. The van der Waals surface area contributed by atoms with Crippen molar-refractivity contribution in [3.05, 3.63) is 114 Å². The lowest BCUT2D eigenvalue weighted by Crippen LogP contribution is -2.48. The van der Waals surface area contributed by atoms with Gasteiger partial charge in [-0.3, -0.25) is 4.57 Å². The second-order valence-corrected chi connectivity index (χ2v) is 18.5. The highest BCUT2D eigenvalue weighted by Gasteiger charge is 2.51. The maximum Gasteiger partial charge on any atom is 0.139 e. The molecule has 0 radical (unpaired) electrons. The van der Waals surface area contributed by atoms with E-state index in [4.69, 9.17) is 4.98 Å². The van der Waals surface area contributed by atoms with E-state index in [0.717, 1.165) is 29.3 Å². The highest BCUT2D eigenvalue weighted by atomic mass is 15.1. The zero-order chi connectivity index (χ0) is 34.2. The lowest BCUT2D eigenvalue weighted by atomic mass is 9.48. The van der Waals surface area contributed by atoms with Crippen LogP contribution < -0.4 is 0 Å². The molecule has 3 aromatic heterocycles. The van der Waals surface area contributed by atoms with Gasteiger partial charge in [-0.15, -0.1) is 0 Å². The van der Waals surface area contributed by atoms with E-state index in [1.165, 1.54) is 93.3 Å². The van der Waals surface area contributed by atoms with Crippen LogP contribution >= 0.6 is 0 Å². The van der Waals surface area contributed by atoms with Crippen molar-refractivity contribution in [2.45, 2.75) is 96.3 Å². The van der Waals surface area contributed by atoms with Crippen molar-refractivity contribution in [1.29, 1.82) is 0 Å². The van der Waals surface area contributed by atoms with Crippen LogP contribution in [0.25, 0.3) is 55.1 Å². The van der Waals surface area contributed by atoms with E-state index in [0.29, 0.717) is 5.41 Å². The largest absolute Gasteiger partial charge is 0.309 e. The monoisotopic (exact) mass is 655 g/mol. The number of benzene rings is 4. The van der Waals surface area contributed by atoms with Crippen LogP contribution in [0.1, 0.15) is 96.8 Å². The highest BCUT2D eigenvalue weighted by Crippen LogP contribution is 2.61. The predicted octanol–water partition coefficient (Wildman–Crippen LogP) is 12.3. The molecule has 0 unspecified atom stereocenters. The predicted molar refractivity (Wildman–Crippen MR) is 210 cm³/mol. The van der Waals surface area contributed by atoms with Crippen LogP contribution in [0.5, 0.6) is 0 Å². The molecule has 7 aromatic rings. The van der Waals surface area contributed by atoms with Crippen molar-refractivity contribution in [2.75, 3.05) is 0 Å². The topological polar surface area (TPSA) is 22.8 Å². The normalized spacial score (nSPS) is 23.6. The van der Waals surface area contributed by atoms with E-state index in [9.17, 15) is 0 Å². The third-order valence-electron chi connectivity index (χ3n) is 13.0. The van der Waals surface area contributed by atoms with E-state index in [1.54, 1.807) is 5.56 Å². The summed E-state index contributed by atoms with van der Waals surface area (Å²) in [6, 6.07) is 35.1. The number of para-hydroxylation sites is 1. The number of pyridine rings is 1. The van der Waals surface area contributed by atoms with Crippen LogP contribution in [0.4, 0.5) is 0 Å². The maximum atomic E-state index is 5.06. The van der Waals surface area contributed by atoms with Gasteiger partial charge in [0.1, 0.15) is 5.82 Å². The Hall–Kier alpha value is -4.37. The Morgan fingerprint density at radius 3 is 1.66 bits per heavy atom. The molecule has 252 valence electrons. The quantitative estimate of drug-likeness (QED) is 0.186. The summed E-state index contributed by atoms with van der Waals surface area (Å²) in [5.41, 5.74) is 10.9. The average Bonchev–Trinajstić information content (AvgIpc) is 3.59. The van der Waals surface area contributed by atoms with Crippen molar-refractivity contribution in [3.63, 3.8) is 0 Å². The average molecular weight is 656 g/mol. The fraction of sp³-hybridized carbons (Fsp3) is 0.383. The van der Waals surface area contributed by atoms with E-state index >= 15 is 0 Å². The van der Waals surface area contributed by atoms with Gasteiger partial charge in [0.25, 0.3) is 0 Å². The molecule has 4 aliphatic carbocycles. The zero-order valence-electron chi connectivity index (χ0n) is 30.6. The fourth-order valence-corrected chi connectivity index (χ4v) is 10.9. The summed E-state index contributed by atoms with van der Waals surface area (Å²) in [5, 5.41) is 5.31. The molecule has 11 rings (SSSR count). The third-order valence-corrected chi connectivity index (χ3v) is 13.0. The molecule has 50 heavy (non-hydrogen) atoms. The Kier molecular flexibility index (Phi) is 6.30. The standard InChI is InChI=1S/C47H49N3/c1-45(2,3)32-11-14-42-38(22-32)39-23-33(46(4,5)6)12-15-43(39)50(42)44-25-35(17-18-48-44)49-40-10-8-7-9-36(40)37-24-34(13-16-41(37)49)47-26-29-19-30(27-47)21-31(20-29)28-47/h7-18,22-25,29-31H,19-21,26-28H2,1-6H3. The minimum absolute atomic E-state index is 0.0640. The molecular formula is C47H49N3. The Labute approximate surface area is 296 Å². The Morgan fingerprint density at radius 2 is 1.06 bits per heavy atom. The lowest BCUT2D eigenvalue weighted by Gasteiger charge is -2.57. The molecule has 0 amide bonds. The third kappa shape index (κ3) is 4.51. The van der Waals surface area contributed by atoms with Crippen molar-refractivity contribution < 1.29 is 0 Å². The van der Waals surface area contributed by atoms with Crippen molar-refractivity contribution in [3.8, 4) is 11.5 Å². The fourth-order valence-electron chi connectivity index (χ4n) is 10.9. The first-order valence-electron chi connectivity index (χ1n) is 19.0. The molecule has 0 N–H and O–H groups in total. The second kappa shape index (κ2) is 10.3. The summed E-state index contributed by atoms with van der Waals surface area (Å²) in [6.45, 7) is 13.8. The molecule has 4 saturated carbocycles. The zero-order valence-corrected chi connectivity index (χ0v) is 30.6. The van der Waals surface area contributed by atoms with Crippen LogP contribution in [-0.4, -0.2) is 14.1 Å². The number of fused-ring (bicyclic) bond motifs is 6. The molecule has 4 aliphatic rings. The number of hydrogen-bond acceptors (Lipinski definition) is 1. The first-order chi connectivity index (χ1) is 23.9. The Balaban J connectivity index is 1.16. The van der Waals surface area contributed by atoms with Crippen LogP contribution in [-0.2, 0) is 16.2 Å². The van der Waals surface area contributed by atoms with Crippen LogP contribution in [0.2, 0.25) is 0 Å². The summed E-state index contributed by atoms with van der Waals surface area (Å²) in [5.74, 6) is 3.77. The summed E-state index contributed by atoms with van der Waals surface area (Å²) < 4.78 is 4.86. The smallest absolute Gasteiger partial charge is 0.139 e. The van der Waals surface area contributed by atoms with Crippen molar-refractivity contribution >= 4 is 43.6 Å². The van der Waals surface area contributed by atoms with Crippen LogP contribution in [0, 0.1) is 17.8 Å². The summed E-state index contributed by atoms with van der Waals surface area (Å²) in [6.07, 6.45) is 10.6. The SMILES string of the molecule is CC(C)(C)c1ccc2c(c1)c1cc(C(C)(C)C)ccc1n2-c1cc(-n2c3ccccc3c3cc(C45CC6CC(CC(C6)C4)C5)ccc32)ccn1. The van der Waals surface area contributed by atoms with Gasteiger partial charge >= 0.3 is 0 Å². The van der Waals surface area contributed by atoms with Gasteiger partial charge in [0.05, 0.1) is 27.8 Å². The Bertz CT molecular complexity index is 2380. The molecule has 0 spiro atoms. The number of rotatable bonds is 3. The number of hydrogen-bond donors (Lipinski definition) is 0. The van der Waals surface area contributed by atoms with E-state index in [1.807, 2.05) is 6.20 Å². The van der Waals surface area contributed by atoms with E-state index < -0.39 is 0 Å². The van der Waals surface area contributed by atoms with E-state index in [2.05, 4.69) is 142 Å². The summed E-state index contributed by atoms with van der Waals surface area (Å²) in [7, 11) is 0. The molecule has 0 saturated heterocycles. The van der Waals surface area contributed by atoms with Gasteiger partial charge in [0, 0.05) is 33.8 Å². The number of nitrogens with zero attached hydrogens (tertiary/aromatic N) is 3. The molecule has 4 aromatic carbocycles. The Morgan fingerprint density at radius 1 is 0.540 bits per heavy atom. The van der Waals surface area contributed by atoms with Gasteiger partial charge < -0.3 is 4.57 Å². The molecule has 0 aliphatic heterocycles. The minimum atomic E-state index is 0.0640. The van der Waals surface area contributed by atoms with Gasteiger partial charge in [0.2, 0.25) is 0 Å². The van der Waals surface area contributed by atoms with Gasteiger partial charge in [-0.1, -0.05) is 77.9 Å². The van der Waals surface area contributed by atoms with Gasteiger partial charge in [-0.2, -0.15) is 0 Å².